The van der Waals surface area contributed by atoms with Crippen molar-refractivity contribution in [3.8, 4) is 0 Å². The quantitative estimate of drug-likeness (QED) is 0.449. The minimum atomic E-state index is -0.609. The second-order valence-corrected chi connectivity index (χ2v) is 8.91. The van der Waals surface area contributed by atoms with Crippen LogP contribution in [0.15, 0.2) is 24.3 Å². The van der Waals surface area contributed by atoms with Crippen molar-refractivity contribution in [1.82, 2.24) is 21.3 Å². The average Bonchev–Trinajstić information content (AvgIpc) is 2.65. The predicted molar refractivity (Wildman–Crippen MR) is 120 cm³/mol. The van der Waals surface area contributed by atoms with Crippen LogP contribution in [0.4, 0.5) is 9.59 Å². The summed E-state index contributed by atoms with van der Waals surface area (Å²) in [6, 6.07) is 6.36. The number of rotatable bonds is 8. The maximum Gasteiger partial charge on any atom is 0.407 e. The summed E-state index contributed by atoms with van der Waals surface area (Å²) in [5.74, 6) is -0.901. The second kappa shape index (κ2) is 11.9. The van der Waals surface area contributed by atoms with Gasteiger partial charge in [0.15, 0.2) is 0 Å². The van der Waals surface area contributed by atoms with Gasteiger partial charge in [-0.05, 0) is 53.7 Å². The molecule has 178 valence electrons. The summed E-state index contributed by atoms with van der Waals surface area (Å²) >= 11 is 0. The molecular formula is C22H34N4O6. The van der Waals surface area contributed by atoms with E-state index in [-0.39, 0.29) is 37.3 Å². The molecule has 1 aromatic carbocycles. The molecule has 10 heteroatoms. The van der Waals surface area contributed by atoms with Crippen LogP contribution in [-0.2, 0) is 9.47 Å². The molecule has 0 radical (unpaired) electrons. The van der Waals surface area contributed by atoms with Gasteiger partial charge >= 0.3 is 12.2 Å². The number of carbonyl (C=O) groups excluding carboxylic acids is 4. The Morgan fingerprint density at radius 3 is 1.25 bits per heavy atom. The molecule has 10 nitrogen and oxygen atoms in total. The van der Waals surface area contributed by atoms with E-state index in [1.807, 2.05) is 0 Å². The largest absolute Gasteiger partial charge is 0.444 e. The zero-order valence-electron chi connectivity index (χ0n) is 19.6. The van der Waals surface area contributed by atoms with Gasteiger partial charge in [-0.2, -0.15) is 0 Å². The molecule has 1 aromatic rings. The SMILES string of the molecule is CC(C)(C)OC(=O)NCCNC(=O)c1ccccc1C(=O)NCCNC(=O)OC(C)(C)C. The fourth-order valence-electron chi connectivity index (χ4n) is 2.38. The molecule has 0 bridgehead atoms. The molecule has 0 heterocycles. The van der Waals surface area contributed by atoms with Gasteiger partial charge in [0.2, 0.25) is 0 Å². The highest BCUT2D eigenvalue weighted by Gasteiger charge is 2.18. The highest BCUT2D eigenvalue weighted by molar-refractivity contribution is 6.07. The number of carbonyl (C=O) groups is 4. The third-order valence-corrected chi connectivity index (χ3v) is 3.57. The number of hydrogen-bond donors (Lipinski definition) is 4. The van der Waals surface area contributed by atoms with Crippen molar-refractivity contribution in [2.45, 2.75) is 52.7 Å². The molecule has 0 aliphatic carbocycles. The summed E-state index contributed by atoms with van der Waals surface area (Å²) in [5, 5.41) is 10.4. The Kier molecular flexibility index (Phi) is 9.96. The van der Waals surface area contributed by atoms with Crippen LogP contribution in [0.5, 0.6) is 0 Å². The molecule has 4 N–H and O–H groups in total. The number of ether oxygens (including phenoxy) is 2. The summed E-state index contributed by atoms with van der Waals surface area (Å²) in [7, 11) is 0. The highest BCUT2D eigenvalue weighted by Crippen LogP contribution is 2.09. The van der Waals surface area contributed by atoms with Gasteiger partial charge in [0.05, 0.1) is 11.1 Å². The van der Waals surface area contributed by atoms with E-state index in [2.05, 4.69) is 21.3 Å². The number of hydrogen-bond acceptors (Lipinski definition) is 6. The maximum atomic E-state index is 12.5. The first-order valence-corrected chi connectivity index (χ1v) is 10.4. The van der Waals surface area contributed by atoms with E-state index in [1.54, 1.807) is 53.7 Å². The maximum absolute atomic E-state index is 12.5. The lowest BCUT2D eigenvalue weighted by atomic mass is 10.1. The van der Waals surface area contributed by atoms with E-state index in [4.69, 9.17) is 9.47 Å². The van der Waals surface area contributed by atoms with Gasteiger partial charge in [0.1, 0.15) is 11.2 Å². The molecule has 32 heavy (non-hydrogen) atoms. The molecule has 1 rings (SSSR count). The van der Waals surface area contributed by atoms with Gasteiger partial charge in [-0.1, -0.05) is 12.1 Å². The predicted octanol–water partition coefficient (Wildman–Crippen LogP) is 2.20. The van der Waals surface area contributed by atoms with Crippen LogP contribution in [-0.4, -0.2) is 61.4 Å². The fourth-order valence-corrected chi connectivity index (χ4v) is 2.38. The van der Waals surface area contributed by atoms with Crippen LogP contribution < -0.4 is 21.3 Å². The normalized spacial score (nSPS) is 11.2. The first kappa shape index (κ1) is 26.7. The molecule has 0 aliphatic rings. The summed E-state index contributed by atoms with van der Waals surface area (Å²) in [5.41, 5.74) is -0.825. The lowest BCUT2D eigenvalue weighted by Gasteiger charge is -2.20. The molecule has 0 atom stereocenters. The number of alkyl carbamates (subject to hydrolysis) is 2. The van der Waals surface area contributed by atoms with Crippen LogP contribution >= 0.6 is 0 Å². The van der Waals surface area contributed by atoms with Crippen LogP contribution in [0.2, 0.25) is 0 Å². The molecule has 0 spiro atoms. The van der Waals surface area contributed by atoms with Crippen molar-refractivity contribution in [2.75, 3.05) is 26.2 Å². The number of nitrogens with one attached hydrogen (secondary N) is 4. The minimum absolute atomic E-state index is 0.161. The van der Waals surface area contributed by atoms with Gasteiger partial charge in [-0.25, -0.2) is 9.59 Å². The van der Waals surface area contributed by atoms with Crippen molar-refractivity contribution in [3.63, 3.8) is 0 Å². The summed E-state index contributed by atoms with van der Waals surface area (Å²) in [6.45, 7) is 11.2. The third-order valence-electron chi connectivity index (χ3n) is 3.57. The molecule has 0 unspecified atom stereocenters. The van der Waals surface area contributed by atoms with Crippen LogP contribution in [0, 0.1) is 0 Å². The van der Waals surface area contributed by atoms with Gasteiger partial charge in [-0.15, -0.1) is 0 Å². The molecular weight excluding hydrogens is 416 g/mol. The zero-order valence-corrected chi connectivity index (χ0v) is 19.6. The van der Waals surface area contributed by atoms with Crippen molar-refractivity contribution >= 4 is 24.0 Å². The van der Waals surface area contributed by atoms with E-state index in [1.165, 1.54) is 12.1 Å². The lowest BCUT2D eigenvalue weighted by Crippen LogP contribution is -2.39. The summed E-state index contributed by atoms with van der Waals surface area (Å²) in [6.07, 6.45) is -1.15. The molecule has 4 amide bonds. The zero-order chi connectivity index (χ0) is 24.4. The Morgan fingerprint density at radius 1 is 0.625 bits per heavy atom. The molecule has 0 aliphatic heterocycles. The number of benzene rings is 1. The van der Waals surface area contributed by atoms with E-state index in [0.29, 0.717) is 0 Å². The van der Waals surface area contributed by atoms with Crippen molar-refractivity contribution in [3.05, 3.63) is 35.4 Å². The monoisotopic (exact) mass is 450 g/mol. The van der Waals surface area contributed by atoms with E-state index >= 15 is 0 Å². The van der Waals surface area contributed by atoms with Crippen LogP contribution in [0.25, 0.3) is 0 Å². The van der Waals surface area contributed by atoms with E-state index in [9.17, 15) is 19.2 Å². The highest BCUT2D eigenvalue weighted by atomic mass is 16.6. The van der Waals surface area contributed by atoms with Gasteiger partial charge in [0.25, 0.3) is 11.8 Å². The Morgan fingerprint density at radius 2 is 0.938 bits per heavy atom. The Bertz CT molecular complexity index is 744. The lowest BCUT2D eigenvalue weighted by molar-refractivity contribution is 0.0516. The fraction of sp³-hybridized carbons (Fsp3) is 0.545. The molecule has 0 saturated carbocycles. The topological polar surface area (TPSA) is 135 Å². The van der Waals surface area contributed by atoms with Crippen molar-refractivity contribution in [1.29, 1.82) is 0 Å². The van der Waals surface area contributed by atoms with Crippen molar-refractivity contribution < 1.29 is 28.7 Å². The average molecular weight is 451 g/mol. The van der Waals surface area contributed by atoms with Gasteiger partial charge in [-0.3, -0.25) is 9.59 Å². The van der Waals surface area contributed by atoms with E-state index < -0.39 is 35.2 Å². The first-order valence-electron chi connectivity index (χ1n) is 10.4. The summed E-state index contributed by atoms with van der Waals surface area (Å²) in [4.78, 5) is 48.2. The van der Waals surface area contributed by atoms with Gasteiger partial charge in [0, 0.05) is 26.2 Å². The van der Waals surface area contributed by atoms with Crippen LogP contribution in [0.3, 0.4) is 0 Å². The second-order valence-electron chi connectivity index (χ2n) is 8.91. The van der Waals surface area contributed by atoms with Crippen LogP contribution in [0.1, 0.15) is 62.3 Å². The Hall–Kier alpha value is -3.30. The standard InChI is InChI=1S/C22H34N4O6/c1-21(2,3)31-19(29)25-13-11-23-17(27)15-9-7-8-10-16(15)18(28)24-12-14-26-20(30)32-22(4,5)6/h7-10H,11-14H2,1-6H3,(H,23,27)(H,24,28)(H,25,29)(H,26,30). The van der Waals surface area contributed by atoms with Gasteiger partial charge < -0.3 is 30.7 Å². The minimum Gasteiger partial charge on any atom is -0.444 e. The number of amides is 4. The van der Waals surface area contributed by atoms with Crippen molar-refractivity contribution in [2.24, 2.45) is 0 Å². The Balaban J connectivity index is 2.49. The smallest absolute Gasteiger partial charge is 0.407 e. The first-order chi connectivity index (χ1) is 14.8. The van der Waals surface area contributed by atoms with E-state index in [0.717, 1.165) is 0 Å². The molecule has 0 fully saturated rings. The molecule has 0 aromatic heterocycles. The molecule has 0 saturated heterocycles. The Labute approximate surface area is 188 Å². The third kappa shape index (κ3) is 11.2. The summed E-state index contributed by atoms with van der Waals surface area (Å²) < 4.78 is 10.2.